The lowest BCUT2D eigenvalue weighted by atomic mass is 10.0. The number of halogens is 3. The number of para-hydroxylation sites is 1. The van der Waals surface area contributed by atoms with Crippen LogP contribution in [0.25, 0.3) is 0 Å². The first-order chi connectivity index (χ1) is 9.17. The Morgan fingerprint density at radius 1 is 1.40 bits per heavy atom. The molecule has 0 saturated carbocycles. The summed E-state index contributed by atoms with van der Waals surface area (Å²) < 4.78 is 39.0. The predicted octanol–water partition coefficient (Wildman–Crippen LogP) is 1.30. The summed E-state index contributed by atoms with van der Waals surface area (Å²) in [6, 6.07) is 5.71. The Labute approximate surface area is 117 Å². The number of alkyl halides is 3. The SMILES string of the molecule is NC(=S)N1N=C(c2ccccc2O)C[C@]1(O)C(F)(F)F. The molecule has 0 aliphatic carbocycles. The average Bonchev–Trinajstić information content (AvgIpc) is 2.68. The van der Waals surface area contributed by atoms with Gasteiger partial charge in [-0.2, -0.15) is 23.3 Å². The van der Waals surface area contributed by atoms with Crippen molar-refractivity contribution in [2.75, 3.05) is 0 Å². The van der Waals surface area contributed by atoms with Crippen LogP contribution >= 0.6 is 12.2 Å². The number of thiocarbonyl (C=S) groups is 1. The number of phenolic OH excluding ortho intramolecular Hbond substituents is 1. The number of nitrogens with two attached hydrogens (primary N) is 1. The van der Waals surface area contributed by atoms with Crippen LogP contribution in [0.15, 0.2) is 29.4 Å². The zero-order valence-electron chi connectivity index (χ0n) is 9.92. The van der Waals surface area contributed by atoms with Crippen LogP contribution in [0.5, 0.6) is 5.75 Å². The third-order valence-corrected chi connectivity index (χ3v) is 3.04. The van der Waals surface area contributed by atoms with E-state index < -0.39 is 23.4 Å². The highest BCUT2D eigenvalue weighted by Crippen LogP contribution is 2.41. The van der Waals surface area contributed by atoms with Crippen molar-refractivity contribution in [3.8, 4) is 5.75 Å². The number of hydrogen-bond acceptors (Lipinski definition) is 4. The zero-order chi connectivity index (χ0) is 15.1. The van der Waals surface area contributed by atoms with Crippen LogP contribution in [0.3, 0.4) is 0 Å². The number of nitrogens with zero attached hydrogens (tertiary/aromatic N) is 2. The molecule has 1 aromatic rings. The highest BCUT2D eigenvalue weighted by molar-refractivity contribution is 7.80. The quantitative estimate of drug-likeness (QED) is 0.681. The van der Waals surface area contributed by atoms with Crippen molar-refractivity contribution in [3.05, 3.63) is 29.8 Å². The van der Waals surface area contributed by atoms with Gasteiger partial charge in [-0.05, 0) is 24.4 Å². The van der Waals surface area contributed by atoms with Crippen molar-refractivity contribution in [1.29, 1.82) is 0 Å². The van der Waals surface area contributed by atoms with Gasteiger partial charge in [0.15, 0.2) is 5.11 Å². The predicted molar refractivity (Wildman–Crippen MR) is 68.9 cm³/mol. The summed E-state index contributed by atoms with van der Waals surface area (Å²) in [6.07, 6.45) is -5.89. The molecule has 0 aromatic heterocycles. The van der Waals surface area contributed by atoms with E-state index in [4.69, 9.17) is 5.73 Å². The van der Waals surface area contributed by atoms with Gasteiger partial charge in [-0.3, -0.25) is 0 Å². The third-order valence-electron chi connectivity index (χ3n) is 2.86. The first-order valence-electron chi connectivity index (χ1n) is 5.41. The third kappa shape index (κ3) is 2.18. The second kappa shape index (κ2) is 4.60. The fraction of sp³-hybridized carbons (Fsp3) is 0.273. The molecule has 1 aromatic carbocycles. The van der Waals surface area contributed by atoms with E-state index in [-0.39, 0.29) is 22.0 Å². The number of phenols is 1. The Morgan fingerprint density at radius 2 is 2.00 bits per heavy atom. The molecule has 0 bridgehead atoms. The summed E-state index contributed by atoms with van der Waals surface area (Å²) in [5, 5.41) is 22.5. The highest BCUT2D eigenvalue weighted by Gasteiger charge is 2.62. The Morgan fingerprint density at radius 3 is 2.45 bits per heavy atom. The van der Waals surface area contributed by atoms with Gasteiger partial charge in [0, 0.05) is 5.56 Å². The van der Waals surface area contributed by atoms with Gasteiger partial charge in [-0.25, -0.2) is 0 Å². The lowest BCUT2D eigenvalue weighted by Gasteiger charge is -2.32. The molecule has 1 aliphatic rings. The zero-order valence-corrected chi connectivity index (χ0v) is 10.7. The average molecular weight is 305 g/mol. The Hall–Kier alpha value is -1.87. The van der Waals surface area contributed by atoms with Crippen LogP contribution in [0.2, 0.25) is 0 Å². The van der Waals surface area contributed by atoms with E-state index in [1.54, 1.807) is 0 Å². The summed E-state index contributed by atoms with van der Waals surface area (Å²) in [6.45, 7) is 0. The monoisotopic (exact) mass is 305 g/mol. The molecule has 5 nitrogen and oxygen atoms in total. The van der Waals surface area contributed by atoms with Gasteiger partial charge in [0.1, 0.15) is 5.75 Å². The Kier molecular flexibility index (Phi) is 3.34. The van der Waals surface area contributed by atoms with Gasteiger partial charge in [0.2, 0.25) is 0 Å². The number of aliphatic hydroxyl groups is 1. The summed E-state index contributed by atoms with van der Waals surface area (Å²) >= 11 is 4.48. The van der Waals surface area contributed by atoms with Crippen LogP contribution in [0.4, 0.5) is 13.2 Å². The van der Waals surface area contributed by atoms with Crippen molar-refractivity contribution in [2.45, 2.75) is 18.3 Å². The van der Waals surface area contributed by atoms with Crippen LogP contribution in [-0.4, -0.2) is 37.9 Å². The summed E-state index contributed by atoms with van der Waals surface area (Å²) in [7, 11) is 0. The lowest BCUT2D eigenvalue weighted by Crippen LogP contribution is -2.57. The minimum absolute atomic E-state index is 0.0777. The summed E-state index contributed by atoms with van der Waals surface area (Å²) in [5.41, 5.74) is 1.79. The molecule has 9 heteroatoms. The Balaban J connectivity index is 2.48. The minimum atomic E-state index is -5.01. The number of hydrazone groups is 1. The maximum absolute atomic E-state index is 13.0. The number of aromatic hydroxyl groups is 1. The van der Waals surface area contributed by atoms with Gasteiger partial charge in [0.05, 0.1) is 12.1 Å². The van der Waals surface area contributed by atoms with Crippen molar-refractivity contribution < 1.29 is 23.4 Å². The van der Waals surface area contributed by atoms with Crippen molar-refractivity contribution in [2.24, 2.45) is 10.8 Å². The largest absolute Gasteiger partial charge is 0.507 e. The van der Waals surface area contributed by atoms with E-state index in [2.05, 4.69) is 17.3 Å². The first-order valence-corrected chi connectivity index (χ1v) is 5.82. The molecule has 0 unspecified atom stereocenters. The molecule has 20 heavy (non-hydrogen) atoms. The second-order valence-corrected chi connectivity index (χ2v) is 4.62. The maximum Gasteiger partial charge on any atom is 0.438 e. The number of rotatable bonds is 1. The van der Waals surface area contributed by atoms with Crippen LogP contribution in [0.1, 0.15) is 12.0 Å². The van der Waals surface area contributed by atoms with Gasteiger partial charge < -0.3 is 15.9 Å². The van der Waals surface area contributed by atoms with Gasteiger partial charge in [0.25, 0.3) is 5.72 Å². The van der Waals surface area contributed by atoms with Gasteiger partial charge in [-0.15, -0.1) is 0 Å². The van der Waals surface area contributed by atoms with Gasteiger partial charge >= 0.3 is 6.18 Å². The van der Waals surface area contributed by atoms with E-state index in [1.165, 1.54) is 24.3 Å². The molecular weight excluding hydrogens is 295 g/mol. The topological polar surface area (TPSA) is 82.1 Å². The normalized spacial score (nSPS) is 22.8. The van der Waals surface area contributed by atoms with E-state index in [1.807, 2.05) is 0 Å². The lowest BCUT2D eigenvalue weighted by molar-refractivity contribution is -0.294. The molecule has 0 radical (unpaired) electrons. The van der Waals surface area contributed by atoms with Crippen LogP contribution < -0.4 is 5.73 Å². The fourth-order valence-corrected chi connectivity index (χ4v) is 2.06. The number of hydrogen-bond donors (Lipinski definition) is 3. The maximum atomic E-state index is 13.0. The molecule has 0 spiro atoms. The molecule has 1 atom stereocenters. The van der Waals surface area contributed by atoms with Crippen molar-refractivity contribution in [1.82, 2.24) is 5.01 Å². The molecule has 2 rings (SSSR count). The standard InChI is InChI=1S/C11H10F3N3O2S/c12-11(13,14)10(19)5-7(16-17(10)9(15)20)6-3-1-2-4-8(6)18/h1-4,18-19H,5H2,(H2,15,20)/t10-/m0/s1. The highest BCUT2D eigenvalue weighted by atomic mass is 32.1. The van der Waals surface area contributed by atoms with Crippen molar-refractivity contribution >= 4 is 23.0 Å². The van der Waals surface area contributed by atoms with Crippen LogP contribution in [-0.2, 0) is 0 Å². The molecular formula is C11H10F3N3O2S. The van der Waals surface area contributed by atoms with E-state index >= 15 is 0 Å². The smallest absolute Gasteiger partial charge is 0.438 e. The van der Waals surface area contributed by atoms with E-state index in [0.29, 0.717) is 0 Å². The van der Waals surface area contributed by atoms with E-state index in [0.717, 1.165) is 0 Å². The molecule has 4 N–H and O–H groups in total. The molecule has 0 saturated heterocycles. The van der Waals surface area contributed by atoms with Crippen LogP contribution in [0, 0.1) is 0 Å². The van der Waals surface area contributed by atoms with Gasteiger partial charge in [-0.1, -0.05) is 12.1 Å². The second-order valence-electron chi connectivity index (χ2n) is 4.21. The molecule has 108 valence electrons. The summed E-state index contributed by atoms with van der Waals surface area (Å²) in [4.78, 5) is 0. The first kappa shape index (κ1) is 14.5. The molecule has 1 aliphatic heterocycles. The molecule has 0 amide bonds. The minimum Gasteiger partial charge on any atom is -0.507 e. The fourth-order valence-electron chi connectivity index (χ4n) is 1.87. The number of benzene rings is 1. The molecule has 1 heterocycles. The Bertz CT molecular complexity index is 591. The summed E-state index contributed by atoms with van der Waals surface area (Å²) in [5.74, 6) is -0.249. The van der Waals surface area contributed by atoms with E-state index in [9.17, 15) is 23.4 Å². The molecule has 0 fully saturated rings. The van der Waals surface area contributed by atoms with Crippen molar-refractivity contribution in [3.63, 3.8) is 0 Å².